The van der Waals surface area contributed by atoms with Crippen molar-refractivity contribution in [3.05, 3.63) is 29.8 Å². The third kappa shape index (κ3) is 4.21. The second kappa shape index (κ2) is 5.92. The maximum absolute atomic E-state index is 12.0. The Bertz CT molecular complexity index is 501. The molecule has 0 unspecified atom stereocenters. The van der Waals surface area contributed by atoms with Gasteiger partial charge in [0, 0.05) is 25.8 Å². The number of hydrogen-bond donors (Lipinski definition) is 1. The zero-order valence-electron chi connectivity index (χ0n) is 12.2. The third-order valence-corrected chi connectivity index (χ3v) is 5.83. The van der Waals surface area contributed by atoms with Crippen molar-refractivity contribution in [2.45, 2.75) is 32.1 Å². The van der Waals surface area contributed by atoms with Crippen LogP contribution in [0.15, 0.2) is 24.3 Å². The van der Waals surface area contributed by atoms with Crippen molar-refractivity contribution in [2.75, 3.05) is 24.2 Å². The molecule has 0 aliphatic heterocycles. The van der Waals surface area contributed by atoms with Gasteiger partial charge in [-0.3, -0.25) is 0 Å². The summed E-state index contributed by atoms with van der Waals surface area (Å²) < 4.78 is 23.4. The molecule has 0 aliphatic carbocycles. The molecule has 0 spiro atoms. The average molecular weight is 284 g/mol. The van der Waals surface area contributed by atoms with Crippen LogP contribution in [0, 0.1) is 0 Å². The van der Waals surface area contributed by atoms with Gasteiger partial charge in [-0.25, -0.2) is 8.42 Å². The molecule has 5 heteroatoms. The fourth-order valence-electron chi connectivity index (χ4n) is 1.58. The van der Waals surface area contributed by atoms with Gasteiger partial charge in [0.1, 0.15) is 0 Å². The largest absolute Gasteiger partial charge is 0.374 e. The Labute approximate surface area is 116 Å². The summed E-state index contributed by atoms with van der Waals surface area (Å²) in [5.41, 5.74) is 7.62. The predicted octanol–water partition coefficient (Wildman–Crippen LogP) is 1.79. The summed E-state index contributed by atoms with van der Waals surface area (Å²) in [6.07, 6.45) is 0. The van der Waals surface area contributed by atoms with Gasteiger partial charge in [0.05, 0.1) is 10.5 Å². The summed E-state index contributed by atoms with van der Waals surface area (Å²) in [6.45, 7) is 6.21. The molecule has 1 rings (SSSR count). The van der Waals surface area contributed by atoms with Crippen molar-refractivity contribution in [3.63, 3.8) is 0 Å². The van der Waals surface area contributed by atoms with Gasteiger partial charge in [-0.05, 0) is 38.5 Å². The Morgan fingerprint density at radius 1 is 1.16 bits per heavy atom. The zero-order valence-corrected chi connectivity index (χ0v) is 13.0. The monoisotopic (exact) mass is 284 g/mol. The van der Waals surface area contributed by atoms with Crippen LogP contribution >= 0.6 is 0 Å². The highest BCUT2D eigenvalue weighted by Gasteiger charge is 2.28. The van der Waals surface area contributed by atoms with Gasteiger partial charge in [0.15, 0.2) is 9.84 Å². The Balaban J connectivity index is 2.68. The smallest absolute Gasteiger partial charge is 0.156 e. The summed E-state index contributed by atoms with van der Waals surface area (Å²) in [5, 5.41) is 0. The van der Waals surface area contributed by atoms with Crippen LogP contribution in [0.3, 0.4) is 0 Å². The van der Waals surface area contributed by atoms with E-state index in [0.29, 0.717) is 13.1 Å². The molecular weight excluding hydrogens is 260 g/mol. The number of rotatable bonds is 5. The minimum absolute atomic E-state index is 0.158. The summed E-state index contributed by atoms with van der Waals surface area (Å²) >= 11 is 0. The van der Waals surface area contributed by atoms with Crippen LogP contribution < -0.4 is 10.6 Å². The Morgan fingerprint density at radius 2 is 1.68 bits per heavy atom. The van der Waals surface area contributed by atoms with E-state index in [1.54, 1.807) is 20.8 Å². The van der Waals surface area contributed by atoms with Crippen molar-refractivity contribution in [1.82, 2.24) is 0 Å². The van der Waals surface area contributed by atoms with Gasteiger partial charge in [0.25, 0.3) is 0 Å². The van der Waals surface area contributed by atoms with E-state index >= 15 is 0 Å². The molecule has 0 saturated carbocycles. The highest BCUT2D eigenvalue weighted by atomic mass is 32.2. The van der Waals surface area contributed by atoms with Crippen LogP contribution in [0.1, 0.15) is 26.3 Å². The lowest BCUT2D eigenvalue weighted by molar-refractivity contribution is 0.559. The summed E-state index contributed by atoms with van der Waals surface area (Å²) in [4.78, 5) is 1.95. The van der Waals surface area contributed by atoms with Gasteiger partial charge in [-0.2, -0.15) is 0 Å². The zero-order chi connectivity index (χ0) is 14.7. The normalized spacial score (nSPS) is 12.5. The lowest BCUT2D eigenvalue weighted by atomic mass is 10.2. The molecule has 0 aliphatic rings. The Kier molecular flexibility index (Phi) is 4.98. The molecule has 0 saturated heterocycles. The maximum atomic E-state index is 12.0. The molecule has 0 aromatic heterocycles. The molecule has 4 nitrogen and oxygen atoms in total. The number of anilines is 1. The van der Waals surface area contributed by atoms with Gasteiger partial charge < -0.3 is 10.6 Å². The average Bonchev–Trinajstić information content (AvgIpc) is 2.35. The number of hydrogen-bond acceptors (Lipinski definition) is 4. The van der Waals surface area contributed by atoms with E-state index in [2.05, 4.69) is 0 Å². The van der Waals surface area contributed by atoms with Crippen LogP contribution in [-0.4, -0.2) is 32.5 Å². The minimum atomic E-state index is -3.08. The van der Waals surface area contributed by atoms with E-state index in [4.69, 9.17) is 5.73 Å². The van der Waals surface area contributed by atoms with Crippen molar-refractivity contribution in [1.29, 1.82) is 0 Å². The molecule has 108 valence electrons. The minimum Gasteiger partial charge on any atom is -0.374 e. The standard InChI is InChI=1S/C14H24N2O2S/c1-14(2,3)19(17,18)10-9-16(4)13-7-5-12(11-15)6-8-13/h5-8H,9-11,15H2,1-4H3. The Morgan fingerprint density at radius 3 is 2.11 bits per heavy atom. The van der Waals surface area contributed by atoms with Crippen LogP contribution in [0.5, 0.6) is 0 Å². The first-order chi connectivity index (χ1) is 8.67. The van der Waals surface area contributed by atoms with Gasteiger partial charge >= 0.3 is 0 Å². The number of sulfone groups is 1. The first-order valence-corrected chi connectivity index (χ1v) is 8.05. The molecule has 1 aromatic carbocycles. The van der Waals surface area contributed by atoms with Gasteiger partial charge in [-0.1, -0.05) is 12.1 Å². The molecular formula is C14H24N2O2S. The number of nitrogens with zero attached hydrogens (tertiary/aromatic N) is 1. The van der Waals surface area contributed by atoms with Crippen LogP contribution in [-0.2, 0) is 16.4 Å². The van der Waals surface area contributed by atoms with E-state index in [1.165, 1.54) is 0 Å². The van der Waals surface area contributed by atoms with Crippen LogP contribution in [0.25, 0.3) is 0 Å². The quantitative estimate of drug-likeness (QED) is 0.895. The van der Waals surface area contributed by atoms with Crippen LogP contribution in [0.2, 0.25) is 0 Å². The lowest BCUT2D eigenvalue weighted by Crippen LogP contribution is -2.35. The molecule has 2 N–H and O–H groups in total. The highest BCUT2D eigenvalue weighted by Crippen LogP contribution is 2.18. The van der Waals surface area contributed by atoms with Crippen molar-refractivity contribution in [2.24, 2.45) is 5.73 Å². The number of benzene rings is 1. The SMILES string of the molecule is CN(CCS(=O)(=O)C(C)(C)C)c1ccc(CN)cc1. The molecule has 1 aromatic rings. The molecule has 0 radical (unpaired) electrons. The predicted molar refractivity (Wildman–Crippen MR) is 81.1 cm³/mol. The molecule has 0 bridgehead atoms. The van der Waals surface area contributed by atoms with E-state index in [-0.39, 0.29) is 5.75 Å². The van der Waals surface area contributed by atoms with Crippen molar-refractivity contribution < 1.29 is 8.42 Å². The number of nitrogens with two attached hydrogens (primary N) is 1. The topological polar surface area (TPSA) is 63.4 Å². The van der Waals surface area contributed by atoms with E-state index < -0.39 is 14.6 Å². The fourth-order valence-corrected chi connectivity index (χ4v) is 2.71. The van der Waals surface area contributed by atoms with Crippen molar-refractivity contribution in [3.8, 4) is 0 Å². The van der Waals surface area contributed by atoms with E-state index in [0.717, 1.165) is 11.3 Å². The lowest BCUT2D eigenvalue weighted by Gasteiger charge is -2.23. The first-order valence-electron chi connectivity index (χ1n) is 6.40. The highest BCUT2D eigenvalue weighted by molar-refractivity contribution is 7.92. The summed E-state index contributed by atoms with van der Waals surface area (Å²) in [7, 11) is -1.18. The Hall–Kier alpha value is -1.07. The second-order valence-corrected chi connectivity index (χ2v) is 8.59. The summed E-state index contributed by atoms with van der Waals surface area (Å²) in [5.74, 6) is 0.158. The first kappa shape index (κ1) is 16.0. The third-order valence-electron chi connectivity index (χ3n) is 3.24. The molecule has 0 heterocycles. The van der Waals surface area contributed by atoms with E-state index in [9.17, 15) is 8.42 Å². The molecule has 0 amide bonds. The van der Waals surface area contributed by atoms with Gasteiger partial charge in [0.2, 0.25) is 0 Å². The fraction of sp³-hybridized carbons (Fsp3) is 0.571. The maximum Gasteiger partial charge on any atom is 0.156 e. The van der Waals surface area contributed by atoms with Gasteiger partial charge in [-0.15, -0.1) is 0 Å². The van der Waals surface area contributed by atoms with Crippen molar-refractivity contribution >= 4 is 15.5 Å². The van der Waals surface area contributed by atoms with Crippen LogP contribution in [0.4, 0.5) is 5.69 Å². The molecule has 0 fully saturated rings. The second-order valence-electron chi connectivity index (χ2n) is 5.72. The molecule has 0 atom stereocenters. The van der Waals surface area contributed by atoms with E-state index in [1.807, 2.05) is 36.2 Å². The summed E-state index contributed by atoms with van der Waals surface area (Å²) in [6, 6.07) is 7.85. The molecule has 19 heavy (non-hydrogen) atoms.